The fourth-order valence-corrected chi connectivity index (χ4v) is 3.96. The predicted molar refractivity (Wildman–Crippen MR) is 107 cm³/mol. The van der Waals surface area contributed by atoms with Gasteiger partial charge < -0.3 is 9.15 Å². The summed E-state index contributed by atoms with van der Waals surface area (Å²) in [6.07, 6.45) is 0.961. The quantitative estimate of drug-likeness (QED) is 0.618. The molecule has 5 heteroatoms. The van der Waals surface area contributed by atoms with Crippen molar-refractivity contribution >= 4 is 0 Å². The Kier molecular flexibility index (Phi) is 5.18. The third kappa shape index (κ3) is 3.67. The van der Waals surface area contributed by atoms with E-state index in [2.05, 4.69) is 4.90 Å². The molecule has 4 nitrogen and oxygen atoms in total. The number of ether oxygens (including phenoxy) is 1. The maximum atomic E-state index is 14.1. The second-order valence-electron chi connectivity index (χ2n) is 7.45. The molecule has 0 spiro atoms. The second kappa shape index (κ2) is 7.76. The number of methoxy groups -OCH3 is 1. The van der Waals surface area contributed by atoms with Gasteiger partial charge in [0, 0.05) is 24.6 Å². The third-order valence-corrected chi connectivity index (χ3v) is 5.53. The molecule has 0 bridgehead atoms. The first-order valence-corrected chi connectivity index (χ1v) is 9.63. The van der Waals surface area contributed by atoms with Crippen molar-refractivity contribution in [1.29, 1.82) is 0 Å². The van der Waals surface area contributed by atoms with Gasteiger partial charge in [0.05, 0.1) is 12.8 Å². The first kappa shape index (κ1) is 18.7. The van der Waals surface area contributed by atoms with Gasteiger partial charge in [-0.05, 0) is 62.2 Å². The maximum absolute atomic E-state index is 14.1. The van der Waals surface area contributed by atoms with Crippen LogP contribution in [0.25, 0.3) is 11.5 Å². The molecule has 0 aliphatic carbocycles. The zero-order valence-corrected chi connectivity index (χ0v) is 16.5. The molecule has 0 N–H and O–H groups in total. The highest BCUT2D eigenvalue weighted by Gasteiger charge is 2.27. The van der Waals surface area contributed by atoms with Crippen molar-refractivity contribution in [2.45, 2.75) is 32.7 Å². The fraction of sp³-hybridized carbons (Fsp3) is 0.348. The topological polar surface area (TPSA) is 38.5 Å². The molecule has 1 fully saturated rings. The molecule has 1 aliphatic rings. The van der Waals surface area contributed by atoms with Crippen LogP contribution in [0.1, 0.15) is 34.9 Å². The second-order valence-corrected chi connectivity index (χ2v) is 7.45. The van der Waals surface area contributed by atoms with Crippen LogP contribution in [-0.2, 0) is 6.54 Å². The average Bonchev–Trinajstić information content (AvgIpc) is 3.29. The Hall–Kier alpha value is -2.66. The molecule has 0 saturated carbocycles. The standard InChI is InChI=1S/C23H25FN2O2/c1-15-12-17(8-9-22(15)27-3)23-25-21(16(2)28-23)14-26-11-10-18(13-26)19-6-4-5-7-20(19)24/h4-9,12,18H,10-11,13-14H2,1-3H3. The lowest BCUT2D eigenvalue weighted by molar-refractivity contribution is 0.320. The van der Waals surface area contributed by atoms with Gasteiger partial charge in [-0.1, -0.05) is 18.2 Å². The van der Waals surface area contributed by atoms with Crippen LogP contribution in [0.5, 0.6) is 5.75 Å². The first-order chi connectivity index (χ1) is 13.5. The number of hydrogen-bond acceptors (Lipinski definition) is 4. The fourth-order valence-electron chi connectivity index (χ4n) is 3.96. The zero-order valence-electron chi connectivity index (χ0n) is 16.5. The number of nitrogens with zero attached hydrogens (tertiary/aromatic N) is 2. The van der Waals surface area contributed by atoms with Gasteiger partial charge in [-0.3, -0.25) is 4.90 Å². The van der Waals surface area contributed by atoms with E-state index in [1.807, 2.05) is 44.2 Å². The van der Waals surface area contributed by atoms with E-state index in [0.29, 0.717) is 5.89 Å². The van der Waals surface area contributed by atoms with Gasteiger partial charge in [0.25, 0.3) is 0 Å². The largest absolute Gasteiger partial charge is 0.496 e. The van der Waals surface area contributed by atoms with Crippen molar-refractivity contribution in [2.24, 2.45) is 0 Å². The minimum Gasteiger partial charge on any atom is -0.496 e. The van der Waals surface area contributed by atoms with Crippen LogP contribution in [0, 0.1) is 19.7 Å². The Balaban J connectivity index is 1.48. The van der Waals surface area contributed by atoms with Crippen molar-refractivity contribution in [3.05, 3.63) is 70.9 Å². The van der Waals surface area contributed by atoms with Crippen LogP contribution in [0.2, 0.25) is 0 Å². The molecule has 2 heterocycles. The smallest absolute Gasteiger partial charge is 0.226 e. The van der Waals surface area contributed by atoms with Gasteiger partial charge in [-0.2, -0.15) is 0 Å². The van der Waals surface area contributed by atoms with E-state index in [9.17, 15) is 4.39 Å². The Labute approximate surface area is 165 Å². The lowest BCUT2D eigenvalue weighted by atomic mass is 9.98. The van der Waals surface area contributed by atoms with Crippen molar-refractivity contribution < 1.29 is 13.5 Å². The lowest BCUT2D eigenvalue weighted by Crippen LogP contribution is -2.20. The van der Waals surface area contributed by atoms with Gasteiger partial charge in [0.1, 0.15) is 17.3 Å². The molecule has 146 valence electrons. The van der Waals surface area contributed by atoms with E-state index < -0.39 is 0 Å². The van der Waals surface area contributed by atoms with Crippen LogP contribution < -0.4 is 4.74 Å². The number of rotatable bonds is 5. The van der Waals surface area contributed by atoms with Gasteiger partial charge >= 0.3 is 0 Å². The predicted octanol–water partition coefficient (Wildman–Crippen LogP) is 5.10. The van der Waals surface area contributed by atoms with Crippen LogP contribution in [-0.4, -0.2) is 30.1 Å². The molecule has 1 atom stereocenters. The van der Waals surface area contributed by atoms with E-state index in [-0.39, 0.29) is 11.7 Å². The van der Waals surface area contributed by atoms with Gasteiger partial charge in [0.2, 0.25) is 5.89 Å². The number of halogens is 1. The highest BCUT2D eigenvalue weighted by Crippen LogP contribution is 2.31. The van der Waals surface area contributed by atoms with Crippen LogP contribution in [0.4, 0.5) is 4.39 Å². The van der Waals surface area contributed by atoms with Crippen LogP contribution >= 0.6 is 0 Å². The summed E-state index contributed by atoms with van der Waals surface area (Å²) in [7, 11) is 1.67. The maximum Gasteiger partial charge on any atom is 0.226 e. The highest BCUT2D eigenvalue weighted by atomic mass is 19.1. The van der Waals surface area contributed by atoms with E-state index in [1.54, 1.807) is 19.2 Å². The molecule has 28 heavy (non-hydrogen) atoms. The molecule has 0 radical (unpaired) electrons. The van der Waals surface area contributed by atoms with Gasteiger partial charge in [-0.25, -0.2) is 9.37 Å². The molecular formula is C23H25FN2O2. The molecule has 1 unspecified atom stereocenters. The van der Waals surface area contributed by atoms with Crippen LogP contribution in [0.15, 0.2) is 46.9 Å². The summed E-state index contributed by atoms with van der Waals surface area (Å²) < 4.78 is 25.3. The Morgan fingerprint density at radius 3 is 2.79 bits per heavy atom. The van der Waals surface area contributed by atoms with E-state index in [0.717, 1.165) is 59.9 Å². The van der Waals surface area contributed by atoms with Crippen molar-refractivity contribution in [1.82, 2.24) is 9.88 Å². The number of likely N-dealkylation sites (tertiary alicyclic amines) is 1. The van der Waals surface area contributed by atoms with Gasteiger partial charge in [0.15, 0.2) is 0 Å². The minimum absolute atomic E-state index is 0.107. The summed E-state index contributed by atoms with van der Waals surface area (Å²) in [5.74, 6) is 2.44. The zero-order chi connectivity index (χ0) is 19.7. The molecule has 0 amide bonds. The summed E-state index contributed by atoms with van der Waals surface area (Å²) in [4.78, 5) is 7.06. The summed E-state index contributed by atoms with van der Waals surface area (Å²) >= 11 is 0. The average molecular weight is 380 g/mol. The molecular weight excluding hydrogens is 355 g/mol. The van der Waals surface area contributed by atoms with E-state index >= 15 is 0 Å². The molecule has 1 aromatic heterocycles. The SMILES string of the molecule is COc1ccc(-c2nc(CN3CCC(c4ccccc4F)C3)c(C)o2)cc1C. The number of hydrogen-bond donors (Lipinski definition) is 0. The number of benzene rings is 2. The van der Waals surface area contributed by atoms with Crippen molar-refractivity contribution in [3.63, 3.8) is 0 Å². The van der Waals surface area contributed by atoms with Crippen LogP contribution in [0.3, 0.4) is 0 Å². The number of oxazole rings is 1. The summed E-state index contributed by atoms with van der Waals surface area (Å²) in [5.41, 5.74) is 3.75. The Morgan fingerprint density at radius 2 is 2.04 bits per heavy atom. The molecule has 4 rings (SSSR count). The lowest BCUT2D eigenvalue weighted by Gasteiger charge is -2.15. The first-order valence-electron chi connectivity index (χ1n) is 9.63. The highest BCUT2D eigenvalue weighted by molar-refractivity contribution is 5.57. The van der Waals surface area contributed by atoms with E-state index in [4.69, 9.17) is 14.1 Å². The summed E-state index contributed by atoms with van der Waals surface area (Å²) in [6, 6.07) is 13.0. The van der Waals surface area contributed by atoms with E-state index in [1.165, 1.54) is 0 Å². The molecule has 1 saturated heterocycles. The normalized spacial score (nSPS) is 17.2. The number of aryl methyl sites for hydroxylation is 2. The van der Waals surface area contributed by atoms with Gasteiger partial charge in [-0.15, -0.1) is 0 Å². The summed E-state index contributed by atoms with van der Waals surface area (Å²) in [6.45, 7) is 6.45. The monoisotopic (exact) mass is 380 g/mol. The minimum atomic E-state index is -0.107. The number of aromatic nitrogens is 1. The summed E-state index contributed by atoms with van der Waals surface area (Å²) in [5, 5.41) is 0. The Morgan fingerprint density at radius 1 is 1.21 bits per heavy atom. The molecule has 2 aromatic carbocycles. The van der Waals surface area contributed by atoms with Crippen molar-refractivity contribution in [3.8, 4) is 17.2 Å². The third-order valence-electron chi connectivity index (χ3n) is 5.53. The Bertz CT molecular complexity index is 982. The van der Waals surface area contributed by atoms with Crippen molar-refractivity contribution in [2.75, 3.05) is 20.2 Å². The molecule has 1 aliphatic heterocycles. The molecule has 3 aromatic rings.